The summed E-state index contributed by atoms with van der Waals surface area (Å²) in [6.45, 7) is 14.3. The Labute approximate surface area is 93.6 Å². The van der Waals surface area contributed by atoms with E-state index >= 15 is 0 Å². The summed E-state index contributed by atoms with van der Waals surface area (Å²) >= 11 is 0. The van der Waals surface area contributed by atoms with Crippen LogP contribution in [0, 0.1) is 5.41 Å². The van der Waals surface area contributed by atoms with Crippen LogP contribution in [-0.4, -0.2) is 18.2 Å². The van der Waals surface area contributed by atoms with Crippen molar-refractivity contribution in [3.63, 3.8) is 0 Å². The fourth-order valence-corrected chi connectivity index (χ4v) is 2.09. The molecule has 0 fully saturated rings. The number of rotatable bonds is 6. The first-order valence-electron chi connectivity index (χ1n) is 5.51. The zero-order chi connectivity index (χ0) is 12.1. The van der Waals surface area contributed by atoms with Crippen molar-refractivity contribution < 1.29 is 9.53 Å². The molecule has 0 heterocycles. The van der Waals surface area contributed by atoms with Gasteiger partial charge in [0.2, 0.25) is 0 Å². The summed E-state index contributed by atoms with van der Waals surface area (Å²) in [7, 11) is 0. The first kappa shape index (κ1) is 14.4. The van der Waals surface area contributed by atoms with Gasteiger partial charge < -0.3 is 4.74 Å². The lowest BCUT2D eigenvalue weighted by Gasteiger charge is -2.35. The zero-order valence-corrected chi connectivity index (χ0v) is 10.8. The van der Waals surface area contributed by atoms with Crippen molar-refractivity contribution >= 4 is 6.47 Å². The Morgan fingerprint density at radius 1 is 1.27 bits per heavy atom. The van der Waals surface area contributed by atoms with Gasteiger partial charge in [0.1, 0.15) is 0 Å². The molecule has 89 valence electrons. The Balaban J connectivity index is 4.27. The molecule has 1 atom stereocenters. The van der Waals surface area contributed by atoms with Gasteiger partial charge in [0.25, 0.3) is 0 Å². The standard InChI is InChI=1S/C12H24NO2/c1-7-10(15-9-14)13-12(5,6)8-11(2,3)4/h10,13H,7-8H2,1-6H3. The third-order valence-corrected chi connectivity index (χ3v) is 2.09. The Morgan fingerprint density at radius 3 is 2.13 bits per heavy atom. The highest BCUT2D eigenvalue weighted by molar-refractivity contribution is 5.38. The SMILES string of the molecule is CCC(NC(C)(C)CC(C)(C)C)O[C]=O. The topological polar surface area (TPSA) is 38.3 Å². The van der Waals surface area contributed by atoms with Crippen LogP contribution in [0.4, 0.5) is 0 Å². The molecule has 0 rings (SSSR count). The molecule has 1 N–H and O–H groups in total. The van der Waals surface area contributed by atoms with E-state index in [4.69, 9.17) is 4.74 Å². The van der Waals surface area contributed by atoms with Crippen LogP contribution in [0.5, 0.6) is 0 Å². The largest absolute Gasteiger partial charge is 0.438 e. The lowest BCUT2D eigenvalue weighted by Crippen LogP contribution is -2.48. The molecule has 0 aromatic heterocycles. The van der Waals surface area contributed by atoms with Crippen LogP contribution in [0.25, 0.3) is 0 Å². The van der Waals surface area contributed by atoms with E-state index in [1.165, 1.54) is 6.47 Å². The smallest absolute Gasteiger partial charge is 0.419 e. The monoisotopic (exact) mass is 214 g/mol. The molecule has 0 aromatic carbocycles. The van der Waals surface area contributed by atoms with E-state index in [2.05, 4.69) is 39.9 Å². The van der Waals surface area contributed by atoms with E-state index < -0.39 is 0 Å². The molecular weight excluding hydrogens is 190 g/mol. The van der Waals surface area contributed by atoms with Crippen molar-refractivity contribution in [2.24, 2.45) is 5.41 Å². The maximum Gasteiger partial charge on any atom is 0.419 e. The fraction of sp³-hybridized carbons (Fsp3) is 0.917. The van der Waals surface area contributed by atoms with Crippen molar-refractivity contribution in [1.29, 1.82) is 0 Å². The maximum absolute atomic E-state index is 10.2. The molecule has 0 saturated heterocycles. The fourth-order valence-electron chi connectivity index (χ4n) is 2.09. The Kier molecular flexibility index (Phi) is 5.29. The van der Waals surface area contributed by atoms with Crippen LogP contribution in [0.3, 0.4) is 0 Å². The highest BCUT2D eigenvalue weighted by Gasteiger charge is 2.27. The zero-order valence-electron chi connectivity index (χ0n) is 10.8. The molecule has 1 unspecified atom stereocenters. The molecule has 1 radical (unpaired) electrons. The van der Waals surface area contributed by atoms with Crippen molar-refractivity contribution in [2.45, 2.75) is 66.2 Å². The van der Waals surface area contributed by atoms with Gasteiger partial charge >= 0.3 is 6.47 Å². The van der Waals surface area contributed by atoms with Gasteiger partial charge in [-0.2, -0.15) is 0 Å². The van der Waals surface area contributed by atoms with Crippen molar-refractivity contribution in [3.8, 4) is 0 Å². The molecule has 0 aliphatic rings. The average molecular weight is 214 g/mol. The highest BCUT2D eigenvalue weighted by atomic mass is 16.5. The van der Waals surface area contributed by atoms with Gasteiger partial charge in [0.05, 0.1) is 0 Å². The van der Waals surface area contributed by atoms with Gasteiger partial charge in [-0.3, -0.25) is 5.32 Å². The second-order valence-corrected chi connectivity index (χ2v) is 5.86. The quantitative estimate of drug-likeness (QED) is 0.691. The Morgan fingerprint density at radius 2 is 1.80 bits per heavy atom. The summed E-state index contributed by atoms with van der Waals surface area (Å²) in [5.74, 6) is 0. The molecule has 0 bridgehead atoms. The highest BCUT2D eigenvalue weighted by Crippen LogP contribution is 2.27. The van der Waals surface area contributed by atoms with Gasteiger partial charge in [-0.25, -0.2) is 4.79 Å². The third kappa shape index (κ3) is 7.37. The molecule has 3 nitrogen and oxygen atoms in total. The summed E-state index contributed by atoms with van der Waals surface area (Å²) in [5.41, 5.74) is 0.204. The van der Waals surface area contributed by atoms with Crippen LogP contribution in [0.1, 0.15) is 54.4 Å². The first-order chi connectivity index (χ1) is 6.70. The summed E-state index contributed by atoms with van der Waals surface area (Å²) in [5, 5.41) is 3.32. The molecule has 0 aliphatic heterocycles. The summed E-state index contributed by atoms with van der Waals surface area (Å²) in [4.78, 5) is 10.2. The summed E-state index contributed by atoms with van der Waals surface area (Å²) in [6, 6.07) is 0. The summed E-state index contributed by atoms with van der Waals surface area (Å²) < 4.78 is 4.82. The van der Waals surface area contributed by atoms with Gasteiger partial charge in [-0.05, 0) is 32.1 Å². The molecule has 15 heavy (non-hydrogen) atoms. The molecule has 0 aliphatic carbocycles. The molecule has 0 spiro atoms. The lowest BCUT2D eigenvalue weighted by molar-refractivity contribution is 0.0881. The van der Waals surface area contributed by atoms with E-state index in [-0.39, 0.29) is 17.2 Å². The Hall–Kier alpha value is -0.570. The minimum Gasteiger partial charge on any atom is -0.438 e. The first-order valence-corrected chi connectivity index (χ1v) is 5.51. The second-order valence-electron chi connectivity index (χ2n) is 5.86. The Bertz CT molecular complexity index is 194. The minimum atomic E-state index is -0.236. The normalized spacial score (nSPS) is 14.8. The predicted octanol–water partition coefficient (Wildman–Crippen LogP) is 2.61. The van der Waals surface area contributed by atoms with E-state index in [1.807, 2.05) is 6.92 Å². The van der Waals surface area contributed by atoms with Crippen LogP contribution in [0.2, 0.25) is 0 Å². The number of nitrogens with one attached hydrogen (secondary N) is 1. The molecule has 0 amide bonds. The van der Waals surface area contributed by atoms with Crippen molar-refractivity contribution in [2.75, 3.05) is 0 Å². The minimum absolute atomic E-state index is 0.0459. The molecule has 3 heteroatoms. The third-order valence-electron chi connectivity index (χ3n) is 2.09. The van der Waals surface area contributed by atoms with E-state index in [0.717, 1.165) is 12.8 Å². The van der Waals surface area contributed by atoms with Gasteiger partial charge in [0.15, 0.2) is 6.23 Å². The number of carbonyl (C=O) groups excluding carboxylic acids is 1. The molecule has 0 aromatic rings. The van der Waals surface area contributed by atoms with Gasteiger partial charge in [-0.15, -0.1) is 0 Å². The second kappa shape index (κ2) is 5.50. The number of hydrogen-bond acceptors (Lipinski definition) is 3. The van der Waals surface area contributed by atoms with Gasteiger partial charge in [-0.1, -0.05) is 27.7 Å². The average Bonchev–Trinajstić information content (AvgIpc) is 1.98. The van der Waals surface area contributed by atoms with E-state index in [9.17, 15) is 4.79 Å². The van der Waals surface area contributed by atoms with Crippen LogP contribution < -0.4 is 5.32 Å². The van der Waals surface area contributed by atoms with Crippen LogP contribution in [0.15, 0.2) is 0 Å². The predicted molar refractivity (Wildman–Crippen MR) is 62.1 cm³/mol. The summed E-state index contributed by atoms with van der Waals surface area (Å²) in [6.07, 6.45) is 1.53. The molecular formula is C12H24NO2. The van der Waals surface area contributed by atoms with E-state index in [1.54, 1.807) is 0 Å². The number of hydrogen-bond donors (Lipinski definition) is 1. The van der Waals surface area contributed by atoms with E-state index in [0.29, 0.717) is 0 Å². The van der Waals surface area contributed by atoms with Crippen molar-refractivity contribution in [1.82, 2.24) is 5.32 Å². The van der Waals surface area contributed by atoms with Crippen LogP contribution in [-0.2, 0) is 9.53 Å². The van der Waals surface area contributed by atoms with Crippen LogP contribution >= 0.6 is 0 Å². The lowest BCUT2D eigenvalue weighted by atomic mass is 9.81. The van der Waals surface area contributed by atoms with Crippen molar-refractivity contribution in [3.05, 3.63) is 0 Å². The molecule has 0 saturated carbocycles. The van der Waals surface area contributed by atoms with Gasteiger partial charge in [0, 0.05) is 5.54 Å². The number of ether oxygens (including phenoxy) is 1. The maximum atomic E-state index is 10.2.